The highest BCUT2D eigenvalue weighted by molar-refractivity contribution is 5.88. The van der Waals surface area contributed by atoms with Gasteiger partial charge in [-0.1, -0.05) is 32.0 Å². The average molecular weight is 222 g/mol. The summed E-state index contributed by atoms with van der Waals surface area (Å²) in [5.41, 5.74) is 0.00631. The summed E-state index contributed by atoms with van der Waals surface area (Å²) >= 11 is 0. The van der Waals surface area contributed by atoms with Gasteiger partial charge in [-0.05, 0) is 31.9 Å². The fraction of sp³-hybridized carbons (Fsp3) is 0.462. The molecule has 1 aromatic rings. The first-order chi connectivity index (χ1) is 7.43. The van der Waals surface area contributed by atoms with Crippen molar-refractivity contribution in [3.63, 3.8) is 0 Å². The minimum atomic E-state index is -0.482. The lowest BCUT2D eigenvalue weighted by Gasteiger charge is -2.26. The molecule has 0 unspecified atom stereocenters. The van der Waals surface area contributed by atoms with Gasteiger partial charge in [0.1, 0.15) is 5.60 Å². The third kappa shape index (κ3) is 3.35. The van der Waals surface area contributed by atoms with Crippen molar-refractivity contribution in [2.75, 3.05) is 0 Å². The van der Waals surface area contributed by atoms with Crippen LogP contribution in [0, 0.1) is 5.92 Å². The molecule has 0 spiro atoms. The van der Waals surface area contributed by atoms with E-state index < -0.39 is 11.6 Å². The summed E-state index contributed by atoms with van der Waals surface area (Å²) < 4.78 is 0. The molecule has 0 radical (unpaired) electrons. The first-order valence-corrected chi connectivity index (χ1v) is 5.38. The molecule has 0 heterocycles. The molecule has 0 aliphatic rings. The fourth-order valence-corrected chi connectivity index (χ4v) is 0.864. The predicted molar refractivity (Wildman–Crippen MR) is 61.9 cm³/mol. The largest absolute Gasteiger partial charge is 0.373 e. The van der Waals surface area contributed by atoms with Crippen LogP contribution in [0.25, 0.3) is 0 Å². The van der Waals surface area contributed by atoms with Crippen molar-refractivity contribution >= 4 is 5.97 Å². The second kappa shape index (κ2) is 5.12. The molecule has 0 fully saturated rings. The van der Waals surface area contributed by atoms with E-state index in [4.69, 9.17) is 9.78 Å². The Labute approximate surface area is 96.3 Å². The standard InChI is InChI=1S/C13H18O3/c1-10(2)13(3,4)16-15-12(14)11-8-6-5-7-9-11/h5-10H,1-4H3. The Kier molecular flexibility index (Phi) is 4.07. The minimum Gasteiger partial charge on any atom is -0.292 e. The van der Waals surface area contributed by atoms with E-state index in [1.165, 1.54) is 0 Å². The molecule has 0 bridgehead atoms. The van der Waals surface area contributed by atoms with Gasteiger partial charge < -0.3 is 0 Å². The van der Waals surface area contributed by atoms with Crippen LogP contribution in [0.1, 0.15) is 38.1 Å². The first kappa shape index (κ1) is 12.7. The van der Waals surface area contributed by atoms with Crippen LogP contribution in [0.4, 0.5) is 0 Å². The third-order valence-electron chi connectivity index (χ3n) is 2.73. The number of rotatable bonds is 4. The summed E-state index contributed by atoms with van der Waals surface area (Å²) in [6, 6.07) is 8.78. The van der Waals surface area contributed by atoms with Crippen LogP contribution in [0.5, 0.6) is 0 Å². The summed E-state index contributed by atoms with van der Waals surface area (Å²) in [5.74, 6) is -0.203. The number of hydrogen-bond acceptors (Lipinski definition) is 3. The second-order valence-corrected chi connectivity index (χ2v) is 4.58. The normalized spacial score (nSPS) is 11.6. The van der Waals surface area contributed by atoms with E-state index in [0.29, 0.717) is 5.56 Å². The SMILES string of the molecule is CC(C)C(C)(C)OOC(=O)c1ccccc1. The van der Waals surface area contributed by atoms with Crippen LogP contribution in [-0.2, 0) is 9.78 Å². The maximum Gasteiger partial charge on any atom is 0.373 e. The lowest BCUT2D eigenvalue weighted by atomic mass is 9.95. The van der Waals surface area contributed by atoms with E-state index in [2.05, 4.69) is 0 Å². The highest BCUT2D eigenvalue weighted by atomic mass is 17.2. The predicted octanol–water partition coefficient (Wildman–Crippen LogP) is 3.21. The Morgan fingerprint density at radius 3 is 2.25 bits per heavy atom. The molecule has 1 rings (SSSR count). The van der Waals surface area contributed by atoms with Gasteiger partial charge in [0, 0.05) is 0 Å². The summed E-state index contributed by atoms with van der Waals surface area (Å²) in [6.07, 6.45) is 0. The molecule has 0 saturated carbocycles. The molecule has 88 valence electrons. The van der Waals surface area contributed by atoms with Gasteiger partial charge in [0.2, 0.25) is 0 Å². The lowest BCUT2D eigenvalue weighted by Crippen LogP contribution is -2.32. The molecular weight excluding hydrogens is 204 g/mol. The highest BCUT2D eigenvalue weighted by Gasteiger charge is 2.26. The summed E-state index contributed by atoms with van der Waals surface area (Å²) in [5, 5.41) is 0. The Morgan fingerprint density at radius 1 is 1.19 bits per heavy atom. The molecule has 16 heavy (non-hydrogen) atoms. The van der Waals surface area contributed by atoms with Gasteiger partial charge in [0.25, 0.3) is 0 Å². The van der Waals surface area contributed by atoms with E-state index in [-0.39, 0.29) is 5.92 Å². The van der Waals surface area contributed by atoms with Crippen LogP contribution >= 0.6 is 0 Å². The van der Waals surface area contributed by atoms with Crippen LogP contribution in [-0.4, -0.2) is 11.6 Å². The lowest BCUT2D eigenvalue weighted by molar-refractivity contribution is -0.317. The molecule has 0 aliphatic carbocycles. The van der Waals surface area contributed by atoms with Crippen LogP contribution < -0.4 is 0 Å². The summed E-state index contributed by atoms with van der Waals surface area (Å²) in [6.45, 7) is 7.79. The molecule has 3 nitrogen and oxygen atoms in total. The van der Waals surface area contributed by atoms with Crippen LogP contribution in [0.3, 0.4) is 0 Å². The van der Waals surface area contributed by atoms with Gasteiger partial charge in [-0.2, -0.15) is 4.89 Å². The quantitative estimate of drug-likeness (QED) is 0.579. The summed E-state index contributed by atoms with van der Waals surface area (Å²) in [7, 11) is 0. The zero-order valence-corrected chi connectivity index (χ0v) is 10.2. The molecular formula is C13H18O3. The zero-order valence-electron chi connectivity index (χ0n) is 10.2. The molecule has 0 N–H and O–H groups in total. The number of benzene rings is 1. The topological polar surface area (TPSA) is 35.5 Å². The zero-order chi connectivity index (χ0) is 12.2. The Bertz CT molecular complexity index is 341. The van der Waals surface area contributed by atoms with Gasteiger partial charge in [-0.3, -0.25) is 4.89 Å². The van der Waals surface area contributed by atoms with Crippen molar-refractivity contribution in [3.05, 3.63) is 35.9 Å². The van der Waals surface area contributed by atoms with Crippen molar-refractivity contribution < 1.29 is 14.6 Å². The van der Waals surface area contributed by atoms with Crippen LogP contribution in [0.2, 0.25) is 0 Å². The molecule has 3 heteroatoms. The van der Waals surface area contributed by atoms with Gasteiger partial charge in [-0.25, -0.2) is 4.79 Å². The highest BCUT2D eigenvalue weighted by Crippen LogP contribution is 2.21. The van der Waals surface area contributed by atoms with E-state index in [0.717, 1.165) is 0 Å². The van der Waals surface area contributed by atoms with E-state index in [1.807, 2.05) is 33.8 Å². The smallest absolute Gasteiger partial charge is 0.292 e. The van der Waals surface area contributed by atoms with Crippen molar-refractivity contribution in [1.29, 1.82) is 0 Å². The molecule has 1 aromatic carbocycles. The number of carbonyl (C=O) groups excluding carboxylic acids is 1. The van der Waals surface area contributed by atoms with Crippen molar-refractivity contribution in [1.82, 2.24) is 0 Å². The monoisotopic (exact) mass is 222 g/mol. The maximum absolute atomic E-state index is 11.6. The van der Waals surface area contributed by atoms with E-state index in [1.54, 1.807) is 24.3 Å². The van der Waals surface area contributed by atoms with Gasteiger partial charge in [0.05, 0.1) is 5.56 Å². The Hall–Kier alpha value is -1.35. The van der Waals surface area contributed by atoms with Crippen molar-refractivity contribution in [2.45, 2.75) is 33.3 Å². The molecule has 0 aliphatic heterocycles. The van der Waals surface area contributed by atoms with Crippen molar-refractivity contribution in [2.24, 2.45) is 5.92 Å². The van der Waals surface area contributed by atoms with Crippen molar-refractivity contribution in [3.8, 4) is 0 Å². The third-order valence-corrected chi connectivity index (χ3v) is 2.73. The maximum atomic E-state index is 11.6. The number of hydrogen-bond donors (Lipinski definition) is 0. The Balaban J connectivity index is 2.54. The molecule has 0 saturated heterocycles. The first-order valence-electron chi connectivity index (χ1n) is 5.38. The van der Waals surface area contributed by atoms with Crippen LogP contribution in [0.15, 0.2) is 30.3 Å². The average Bonchev–Trinajstić information content (AvgIpc) is 2.27. The molecule has 0 atom stereocenters. The molecule has 0 aromatic heterocycles. The second-order valence-electron chi connectivity index (χ2n) is 4.58. The minimum absolute atomic E-state index is 0.260. The fourth-order valence-electron chi connectivity index (χ4n) is 0.864. The van der Waals surface area contributed by atoms with E-state index in [9.17, 15) is 4.79 Å². The van der Waals surface area contributed by atoms with Gasteiger partial charge >= 0.3 is 5.97 Å². The van der Waals surface area contributed by atoms with Gasteiger partial charge in [0.15, 0.2) is 0 Å². The van der Waals surface area contributed by atoms with Gasteiger partial charge in [-0.15, -0.1) is 0 Å². The number of carbonyl (C=O) groups is 1. The molecule has 0 amide bonds. The van der Waals surface area contributed by atoms with E-state index >= 15 is 0 Å². The summed E-state index contributed by atoms with van der Waals surface area (Å²) in [4.78, 5) is 21.5. The Morgan fingerprint density at radius 2 is 1.75 bits per heavy atom.